The normalized spacial score (nSPS) is 12.6. The fraction of sp³-hybridized carbons (Fsp3) is 0.500. The van der Waals surface area contributed by atoms with Crippen LogP contribution in [0.4, 0.5) is 5.69 Å². The number of anilines is 1. The van der Waals surface area contributed by atoms with Gasteiger partial charge in [-0.3, -0.25) is 4.79 Å². The van der Waals surface area contributed by atoms with Crippen LogP contribution in [0, 0.1) is 19.3 Å². The molecule has 0 fully saturated rings. The number of amides is 1. The third-order valence-corrected chi connectivity index (χ3v) is 2.70. The van der Waals surface area contributed by atoms with E-state index in [2.05, 4.69) is 11.4 Å². The number of hydrogen-bond acceptors (Lipinski definition) is 2. The van der Waals surface area contributed by atoms with E-state index in [1.165, 1.54) is 0 Å². The van der Waals surface area contributed by atoms with Crippen LogP contribution in [0.3, 0.4) is 0 Å². The number of hydrogen-bond donors (Lipinski definition) is 2. The standard InChI is InChI=1S/C14H22N2O.ClH/c1-9-6-10(2)8-11(7-9)16-13(17)12(15)14(3,4)5;/h6-8,12H,15H2,1-5H3,(H,16,17);1H/t12-;/m1./s1. The lowest BCUT2D eigenvalue weighted by atomic mass is 9.87. The Morgan fingerprint density at radius 2 is 1.61 bits per heavy atom. The minimum atomic E-state index is -0.511. The molecule has 1 aromatic rings. The van der Waals surface area contributed by atoms with Crippen molar-refractivity contribution in [3.05, 3.63) is 29.3 Å². The van der Waals surface area contributed by atoms with Gasteiger partial charge in [0.25, 0.3) is 0 Å². The van der Waals surface area contributed by atoms with Gasteiger partial charge in [0.1, 0.15) is 0 Å². The summed E-state index contributed by atoms with van der Waals surface area (Å²) in [5, 5.41) is 2.87. The largest absolute Gasteiger partial charge is 0.325 e. The average Bonchev–Trinajstić information content (AvgIpc) is 2.13. The summed E-state index contributed by atoms with van der Waals surface area (Å²) in [4.78, 5) is 11.9. The maximum absolute atomic E-state index is 11.9. The van der Waals surface area contributed by atoms with E-state index in [4.69, 9.17) is 5.73 Å². The summed E-state index contributed by atoms with van der Waals surface area (Å²) in [7, 11) is 0. The van der Waals surface area contributed by atoms with Gasteiger partial charge in [0.05, 0.1) is 6.04 Å². The lowest BCUT2D eigenvalue weighted by Gasteiger charge is -2.25. The number of halogens is 1. The first-order valence-electron chi connectivity index (χ1n) is 5.85. The van der Waals surface area contributed by atoms with Gasteiger partial charge < -0.3 is 11.1 Å². The second kappa shape index (κ2) is 6.21. The Labute approximate surface area is 116 Å². The molecule has 0 unspecified atom stereocenters. The fourth-order valence-corrected chi connectivity index (χ4v) is 1.66. The van der Waals surface area contributed by atoms with Crippen molar-refractivity contribution in [2.24, 2.45) is 11.1 Å². The number of benzene rings is 1. The van der Waals surface area contributed by atoms with Gasteiger partial charge >= 0.3 is 0 Å². The number of aryl methyl sites for hydroxylation is 2. The molecule has 1 amide bonds. The van der Waals surface area contributed by atoms with E-state index in [1.54, 1.807) is 0 Å². The van der Waals surface area contributed by atoms with Crippen molar-refractivity contribution >= 4 is 24.0 Å². The molecule has 0 saturated carbocycles. The van der Waals surface area contributed by atoms with E-state index in [-0.39, 0.29) is 23.7 Å². The molecular formula is C14H23ClN2O. The molecular weight excluding hydrogens is 248 g/mol. The van der Waals surface area contributed by atoms with Crippen LogP contribution in [0.5, 0.6) is 0 Å². The molecule has 3 N–H and O–H groups in total. The Morgan fingerprint density at radius 1 is 1.17 bits per heavy atom. The van der Waals surface area contributed by atoms with Crippen molar-refractivity contribution in [1.82, 2.24) is 0 Å². The van der Waals surface area contributed by atoms with Crippen LogP contribution in [-0.4, -0.2) is 11.9 Å². The maximum atomic E-state index is 11.9. The van der Waals surface area contributed by atoms with Gasteiger partial charge in [-0.05, 0) is 42.5 Å². The number of nitrogens with two attached hydrogens (primary N) is 1. The van der Waals surface area contributed by atoms with E-state index >= 15 is 0 Å². The van der Waals surface area contributed by atoms with Gasteiger partial charge in [-0.2, -0.15) is 0 Å². The summed E-state index contributed by atoms with van der Waals surface area (Å²) >= 11 is 0. The quantitative estimate of drug-likeness (QED) is 0.868. The molecule has 0 aliphatic rings. The number of rotatable bonds is 2. The molecule has 0 bridgehead atoms. The molecule has 102 valence electrons. The minimum absolute atomic E-state index is 0. The summed E-state index contributed by atoms with van der Waals surface area (Å²) in [5.41, 5.74) is 8.74. The molecule has 0 aliphatic heterocycles. The molecule has 0 radical (unpaired) electrons. The van der Waals surface area contributed by atoms with E-state index in [9.17, 15) is 4.79 Å². The van der Waals surface area contributed by atoms with Gasteiger partial charge in [0, 0.05) is 5.69 Å². The number of nitrogens with one attached hydrogen (secondary N) is 1. The van der Waals surface area contributed by atoms with Crippen molar-refractivity contribution in [3.63, 3.8) is 0 Å². The minimum Gasteiger partial charge on any atom is -0.325 e. The molecule has 1 aromatic carbocycles. The second-order valence-electron chi connectivity index (χ2n) is 5.71. The number of carbonyl (C=O) groups excluding carboxylic acids is 1. The van der Waals surface area contributed by atoms with E-state index in [0.29, 0.717) is 0 Å². The molecule has 0 heterocycles. The van der Waals surface area contributed by atoms with Crippen molar-refractivity contribution in [3.8, 4) is 0 Å². The SMILES string of the molecule is Cc1cc(C)cc(NC(=O)[C@@H](N)C(C)(C)C)c1.Cl. The molecule has 0 spiro atoms. The van der Waals surface area contributed by atoms with Crippen molar-refractivity contribution < 1.29 is 4.79 Å². The Kier molecular flexibility index (Phi) is 5.84. The van der Waals surface area contributed by atoms with E-state index in [1.807, 2.05) is 46.8 Å². The zero-order valence-corrected chi connectivity index (χ0v) is 12.5. The fourth-order valence-electron chi connectivity index (χ4n) is 1.66. The topological polar surface area (TPSA) is 55.1 Å². The Hall–Kier alpha value is -1.06. The zero-order chi connectivity index (χ0) is 13.2. The third-order valence-electron chi connectivity index (χ3n) is 2.70. The smallest absolute Gasteiger partial charge is 0.241 e. The lowest BCUT2D eigenvalue weighted by Crippen LogP contribution is -2.45. The average molecular weight is 271 g/mol. The summed E-state index contributed by atoms with van der Waals surface area (Å²) < 4.78 is 0. The third kappa shape index (κ3) is 4.67. The highest BCUT2D eigenvalue weighted by Gasteiger charge is 2.27. The molecule has 1 rings (SSSR count). The predicted molar refractivity (Wildman–Crippen MR) is 79.2 cm³/mol. The van der Waals surface area contributed by atoms with Crippen LogP contribution in [-0.2, 0) is 4.79 Å². The first-order chi connectivity index (χ1) is 7.70. The van der Waals surface area contributed by atoms with Crippen molar-refractivity contribution in [2.75, 3.05) is 5.32 Å². The van der Waals surface area contributed by atoms with E-state index < -0.39 is 6.04 Å². The first kappa shape index (κ1) is 16.9. The van der Waals surface area contributed by atoms with Crippen LogP contribution in [0.1, 0.15) is 31.9 Å². The van der Waals surface area contributed by atoms with Crippen molar-refractivity contribution in [2.45, 2.75) is 40.7 Å². The van der Waals surface area contributed by atoms with Gasteiger partial charge in [0.15, 0.2) is 0 Å². The van der Waals surface area contributed by atoms with Crippen LogP contribution in [0.2, 0.25) is 0 Å². The molecule has 18 heavy (non-hydrogen) atoms. The van der Waals surface area contributed by atoms with Crippen molar-refractivity contribution in [1.29, 1.82) is 0 Å². The van der Waals surface area contributed by atoms with Crippen LogP contribution in [0.25, 0.3) is 0 Å². The summed E-state index contributed by atoms with van der Waals surface area (Å²) in [6.45, 7) is 9.88. The van der Waals surface area contributed by atoms with Gasteiger partial charge in [0.2, 0.25) is 5.91 Å². The van der Waals surface area contributed by atoms with Crippen LogP contribution in [0.15, 0.2) is 18.2 Å². The Morgan fingerprint density at radius 3 is 2.00 bits per heavy atom. The second-order valence-corrected chi connectivity index (χ2v) is 5.71. The number of carbonyl (C=O) groups is 1. The predicted octanol–water partition coefficient (Wildman–Crippen LogP) is 3.04. The first-order valence-corrected chi connectivity index (χ1v) is 5.85. The van der Waals surface area contributed by atoms with Crippen LogP contribution >= 0.6 is 12.4 Å². The lowest BCUT2D eigenvalue weighted by molar-refractivity contribution is -0.119. The molecule has 0 aliphatic carbocycles. The van der Waals surface area contributed by atoms with Gasteiger partial charge in [-0.15, -0.1) is 12.4 Å². The molecule has 0 aromatic heterocycles. The zero-order valence-electron chi connectivity index (χ0n) is 11.7. The maximum Gasteiger partial charge on any atom is 0.241 e. The molecule has 3 nitrogen and oxygen atoms in total. The molecule has 1 atom stereocenters. The summed E-state index contributed by atoms with van der Waals surface area (Å²) in [6.07, 6.45) is 0. The summed E-state index contributed by atoms with van der Waals surface area (Å²) in [5.74, 6) is -0.137. The van der Waals surface area contributed by atoms with Gasteiger partial charge in [-0.1, -0.05) is 26.8 Å². The molecule has 0 saturated heterocycles. The van der Waals surface area contributed by atoms with Crippen LogP contribution < -0.4 is 11.1 Å². The highest BCUT2D eigenvalue weighted by Crippen LogP contribution is 2.20. The Balaban J connectivity index is 0.00000289. The highest BCUT2D eigenvalue weighted by atomic mass is 35.5. The highest BCUT2D eigenvalue weighted by molar-refractivity contribution is 5.95. The monoisotopic (exact) mass is 270 g/mol. The van der Waals surface area contributed by atoms with Gasteiger partial charge in [-0.25, -0.2) is 0 Å². The molecule has 4 heteroatoms. The van der Waals surface area contributed by atoms with E-state index in [0.717, 1.165) is 16.8 Å². The Bertz CT molecular complexity index is 404. The summed E-state index contributed by atoms with van der Waals surface area (Å²) in [6, 6.07) is 5.45.